The fourth-order valence-corrected chi connectivity index (χ4v) is 1.97. The van der Waals surface area contributed by atoms with Crippen molar-refractivity contribution in [2.45, 2.75) is 20.3 Å². The van der Waals surface area contributed by atoms with Crippen LogP contribution in [0.5, 0.6) is 5.75 Å². The molecule has 0 heterocycles. The van der Waals surface area contributed by atoms with Gasteiger partial charge in [0.25, 0.3) is 0 Å². The summed E-state index contributed by atoms with van der Waals surface area (Å²) < 4.78 is 5.19. The average Bonchev–Trinajstić information content (AvgIpc) is 2.43. The molecule has 5 heteroatoms. The number of methoxy groups -OCH3 is 1. The average molecular weight is 291 g/mol. The molecule has 1 rings (SSSR count). The lowest BCUT2D eigenvalue weighted by molar-refractivity contribution is -0.137. The largest absolute Gasteiger partial charge is 0.497 e. The molecule has 0 radical (unpaired) electrons. The Morgan fingerprint density at radius 1 is 1.29 bits per heavy atom. The van der Waals surface area contributed by atoms with Crippen molar-refractivity contribution in [3.63, 3.8) is 0 Å². The van der Waals surface area contributed by atoms with Crippen molar-refractivity contribution in [2.24, 2.45) is 0 Å². The highest BCUT2D eigenvalue weighted by Gasteiger charge is 2.08. The molecule has 1 aromatic carbocycles. The molecule has 0 bridgehead atoms. The maximum absolute atomic E-state index is 11.9. The number of hydrogen-bond acceptors (Lipinski definition) is 3. The molecular weight excluding hydrogens is 270 g/mol. The van der Waals surface area contributed by atoms with Crippen LogP contribution in [0.4, 0.5) is 0 Å². The fraction of sp³-hybridized carbons (Fsp3) is 0.375. The highest BCUT2D eigenvalue weighted by molar-refractivity contribution is 5.92. The number of rotatable bonds is 6. The highest BCUT2D eigenvalue weighted by Crippen LogP contribution is 2.22. The Labute approximate surface area is 124 Å². The first-order valence-electron chi connectivity index (χ1n) is 6.65. The van der Waals surface area contributed by atoms with Crippen LogP contribution in [0.15, 0.2) is 18.2 Å². The second-order valence-electron chi connectivity index (χ2n) is 4.91. The summed E-state index contributed by atoms with van der Waals surface area (Å²) in [6.45, 7) is 4.10. The summed E-state index contributed by atoms with van der Waals surface area (Å²) in [5.41, 5.74) is 3.00. The summed E-state index contributed by atoms with van der Waals surface area (Å²) in [6.07, 6.45) is 3.16. The fourth-order valence-electron chi connectivity index (χ4n) is 1.97. The summed E-state index contributed by atoms with van der Waals surface area (Å²) in [5, 5.41) is 8.61. The quantitative estimate of drug-likeness (QED) is 0.816. The number of amides is 1. The van der Waals surface area contributed by atoms with Crippen LogP contribution in [-0.2, 0) is 9.59 Å². The van der Waals surface area contributed by atoms with Gasteiger partial charge >= 0.3 is 5.97 Å². The van der Waals surface area contributed by atoms with Gasteiger partial charge in [0.2, 0.25) is 5.91 Å². The number of carbonyl (C=O) groups excluding carboxylic acids is 1. The van der Waals surface area contributed by atoms with Gasteiger partial charge in [-0.3, -0.25) is 9.59 Å². The Hall–Kier alpha value is -2.30. The van der Waals surface area contributed by atoms with Crippen LogP contribution in [0.2, 0.25) is 0 Å². The lowest BCUT2D eigenvalue weighted by atomic mass is 10.0. The summed E-state index contributed by atoms with van der Waals surface area (Å²) >= 11 is 0. The van der Waals surface area contributed by atoms with Crippen molar-refractivity contribution in [1.29, 1.82) is 0 Å². The first-order valence-corrected chi connectivity index (χ1v) is 6.65. The number of aliphatic carboxylic acids is 1. The van der Waals surface area contributed by atoms with Crippen molar-refractivity contribution >= 4 is 18.0 Å². The zero-order valence-corrected chi connectivity index (χ0v) is 12.8. The van der Waals surface area contributed by atoms with Crippen molar-refractivity contribution in [2.75, 3.05) is 20.7 Å². The molecule has 0 aromatic heterocycles. The van der Waals surface area contributed by atoms with Crippen LogP contribution >= 0.6 is 0 Å². The Bertz CT molecular complexity index is 540. The molecular formula is C16H21NO4. The third kappa shape index (κ3) is 4.95. The van der Waals surface area contributed by atoms with Gasteiger partial charge < -0.3 is 14.7 Å². The van der Waals surface area contributed by atoms with E-state index in [1.807, 2.05) is 26.0 Å². The number of carbonyl (C=O) groups is 2. The van der Waals surface area contributed by atoms with Crippen molar-refractivity contribution in [3.05, 3.63) is 34.9 Å². The Kier molecular flexibility index (Phi) is 5.96. The molecule has 0 aliphatic carbocycles. The van der Waals surface area contributed by atoms with E-state index in [2.05, 4.69) is 0 Å². The van der Waals surface area contributed by atoms with Gasteiger partial charge in [-0.05, 0) is 48.7 Å². The number of carboxylic acids is 1. The number of aryl methyl sites for hydroxylation is 2. The molecule has 0 spiro atoms. The van der Waals surface area contributed by atoms with Crippen LogP contribution in [0.25, 0.3) is 6.08 Å². The van der Waals surface area contributed by atoms with E-state index in [1.165, 1.54) is 11.0 Å². The smallest absolute Gasteiger partial charge is 0.305 e. The lowest BCUT2D eigenvalue weighted by Gasteiger charge is -2.13. The second kappa shape index (κ2) is 7.47. The highest BCUT2D eigenvalue weighted by atomic mass is 16.5. The maximum atomic E-state index is 11.9. The number of ether oxygens (including phenoxy) is 1. The van der Waals surface area contributed by atoms with Crippen molar-refractivity contribution in [3.8, 4) is 5.75 Å². The van der Waals surface area contributed by atoms with Gasteiger partial charge in [-0.15, -0.1) is 0 Å². The third-order valence-electron chi connectivity index (χ3n) is 3.23. The van der Waals surface area contributed by atoms with Crippen LogP contribution in [0.3, 0.4) is 0 Å². The summed E-state index contributed by atoms with van der Waals surface area (Å²) in [7, 11) is 3.20. The third-order valence-corrected chi connectivity index (χ3v) is 3.23. The molecule has 1 amide bonds. The minimum atomic E-state index is -0.916. The molecule has 0 saturated heterocycles. The van der Waals surface area contributed by atoms with Gasteiger partial charge in [-0.25, -0.2) is 0 Å². The van der Waals surface area contributed by atoms with E-state index in [9.17, 15) is 9.59 Å². The predicted molar refractivity (Wildman–Crippen MR) is 81.4 cm³/mol. The minimum Gasteiger partial charge on any atom is -0.497 e. The molecule has 0 aliphatic rings. The van der Waals surface area contributed by atoms with Crippen LogP contribution < -0.4 is 4.74 Å². The SMILES string of the molecule is COc1cc(C)c(/C=C/C(=O)N(C)CCC(=O)O)c(C)c1. The zero-order valence-electron chi connectivity index (χ0n) is 12.8. The minimum absolute atomic E-state index is 0.0589. The monoisotopic (exact) mass is 291 g/mol. The van der Waals surface area contributed by atoms with Gasteiger partial charge in [-0.2, -0.15) is 0 Å². The Morgan fingerprint density at radius 2 is 1.86 bits per heavy atom. The molecule has 5 nitrogen and oxygen atoms in total. The zero-order chi connectivity index (χ0) is 16.0. The van der Waals surface area contributed by atoms with Gasteiger partial charge in [0.15, 0.2) is 0 Å². The first kappa shape index (κ1) is 16.8. The molecule has 1 aromatic rings. The number of likely N-dealkylation sites (N-methyl/N-ethyl adjacent to an activating group) is 1. The Morgan fingerprint density at radius 3 is 2.33 bits per heavy atom. The summed E-state index contributed by atoms with van der Waals surface area (Å²) in [4.78, 5) is 23.8. The van der Waals surface area contributed by atoms with Gasteiger partial charge in [-0.1, -0.05) is 0 Å². The molecule has 0 atom stereocenters. The predicted octanol–water partition coefficient (Wildman–Crippen LogP) is 2.26. The standard InChI is InChI=1S/C16H21NO4/c1-11-9-13(21-4)10-12(2)14(11)5-6-15(18)17(3)8-7-16(19)20/h5-6,9-10H,7-8H2,1-4H3,(H,19,20)/b6-5+. The van der Waals surface area contributed by atoms with E-state index in [4.69, 9.17) is 9.84 Å². The van der Waals surface area contributed by atoms with Crippen LogP contribution in [0, 0.1) is 13.8 Å². The second-order valence-corrected chi connectivity index (χ2v) is 4.91. The van der Waals surface area contributed by atoms with Gasteiger partial charge in [0, 0.05) is 19.7 Å². The van der Waals surface area contributed by atoms with Gasteiger partial charge in [0.1, 0.15) is 5.75 Å². The van der Waals surface area contributed by atoms with Crippen LogP contribution in [-0.4, -0.2) is 42.6 Å². The van der Waals surface area contributed by atoms with Crippen molar-refractivity contribution in [1.82, 2.24) is 4.90 Å². The number of hydrogen-bond donors (Lipinski definition) is 1. The molecule has 21 heavy (non-hydrogen) atoms. The van der Waals surface area contributed by atoms with E-state index < -0.39 is 5.97 Å². The summed E-state index contributed by atoms with van der Waals surface area (Å²) in [5.74, 6) is -0.349. The normalized spacial score (nSPS) is 10.7. The van der Waals surface area contributed by atoms with E-state index in [0.29, 0.717) is 0 Å². The lowest BCUT2D eigenvalue weighted by Crippen LogP contribution is -2.27. The molecule has 0 saturated carbocycles. The molecule has 1 N–H and O–H groups in total. The molecule has 114 valence electrons. The first-order chi connectivity index (χ1) is 9.85. The Balaban J connectivity index is 2.81. The number of nitrogens with zero attached hydrogens (tertiary/aromatic N) is 1. The maximum Gasteiger partial charge on any atom is 0.305 e. The molecule has 0 unspecified atom stereocenters. The van der Waals surface area contributed by atoms with Crippen LogP contribution in [0.1, 0.15) is 23.1 Å². The van der Waals surface area contributed by atoms with Gasteiger partial charge in [0.05, 0.1) is 13.5 Å². The van der Waals surface area contributed by atoms with E-state index in [1.54, 1.807) is 20.2 Å². The number of benzene rings is 1. The van der Waals surface area contributed by atoms with E-state index in [-0.39, 0.29) is 18.9 Å². The van der Waals surface area contributed by atoms with Crippen molar-refractivity contribution < 1.29 is 19.4 Å². The summed E-state index contributed by atoms with van der Waals surface area (Å²) in [6, 6.07) is 3.82. The van der Waals surface area contributed by atoms with E-state index in [0.717, 1.165) is 22.4 Å². The molecule has 0 aliphatic heterocycles. The number of carboxylic acid groups (broad SMARTS) is 1. The molecule has 0 fully saturated rings. The topological polar surface area (TPSA) is 66.8 Å². The van der Waals surface area contributed by atoms with E-state index >= 15 is 0 Å².